The first-order valence-electron chi connectivity index (χ1n) is 10.5. The van der Waals surface area contributed by atoms with Crippen molar-refractivity contribution in [3.8, 4) is 5.75 Å². The Morgan fingerprint density at radius 3 is 2.40 bits per heavy atom. The average molecular weight is 503 g/mol. The van der Waals surface area contributed by atoms with Gasteiger partial charge in [0.2, 0.25) is 0 Å². The number of nitrogens with one attached hydrogen (secondary N) is 2. The fourth-order valence-electron chi connectivity index (χ4n) is 3.50. The van der Waals surface area contributed by atoms with Gasteiger partial charge in [-0.15, -0.1) is 0 Å². The van der Waals surface area contributed by atoms with Gasteiger partial charge in [-0.05, 0) is 45.4 Å². The van der Waals surface area contributed by atoms with E-state index in [1.807, 2.05) is 5.32 Å². The third kappa shape index (κ3) is 5.80. The normalized spacial score (nSPS) is 16.1. The molecule has 0 aliphatic carbocycles. The molecule has 0 aromatic heterocycles. The lowest BCUT2D eigenvalue weighted by Crippen LogP contribution is -2.45. The summed E-state index contributed by atoms with van der Waals surface area (Å²) in [6.07, 6.45) is -9.21. The van der Waals surface area contributed by atoms with Gasteiger partial charge in [-0.2, -0.15) is 13.2 Å². The highest BCUT2D eigenvalue weighted by Gasteiger charge is 2.42. The molecule has 2 aromatic carbocycles. The van der Waals surface area contributed by atoms with E-state index < -0.39 is 71.2 Å². The zero-order valence-electron chi connectivity index (χ0n) is 19.2. The van der Waals surface area contributed by atoms with E-state index in [2.05, 4.69) is 5.32 Å². The lowest BCUT2D eigenvalue weighted by atomic mass is 10.0. The van der Waals surface area contributed by atoms with Gasteiger partial charge in [0.15, 0.2) is 17.7 Å². The summed E-state index contributed by atoms with van der Waals surface area (Å²) in [7, 11) is 0. The zero-order chi connectivity index (χ0) is 26.3. The third-order valence-corrected chi connectivity index (χ3v) is 4.98. The minimum atomic E-state index is -5.12. The van der Waals surface area contributed by atoms with Crippen LogP contribution in [0.5, 0.6) is 5.75 Å². The minimum Gasteiger partial charge on any atom is -0.476 e. The van der Waals surface area contributed by atoms with Crippen LogP contribution in [0, 0.1) is 5.82 Å². The van der Waals surface area contributed by atoms with Gasteiger partial charge < -0.3 is 20.3 Å². The molecular formula is C23H23F6N3O3. The largest absolute Gasteiger partial charge is 0.476 e. The van der Waals surface area contributed by atoms with Crippen molar-refractivity contribution in [2.75, 3.05) is 10.2 Å². The molecule has 12 heteroatoms. The molecule has 0 saturated heterocycles. The summed E-state index contributed by atoms with van der Waals surface area (Å²) in [5.41, 5.74) is -4.23. The highest BCUT2D eigenvalue weighted by molar-refractivity contribution is 6.01. The van der Waals surface area contributed by atoms with Crippen LogP contribution in [0.15, 0.2) is 30.3 Å². The molecule has 0 radical (unpaired) electrons. The smallest absolute Gasteiger partial charge is 0.418 e. The predicted octanol–water partition coefficient (Wildman–Crippen LogP) is 6.02. The van der Waals surface area contributed by atoms with Crippen LogP contribution in [0.25, 0.3) is 0 Å². The molecule has 6 nitrogen and oxygen atoms in total. The molecule has 2 aromatic rings. The number of urea groups is 1. The first-order valence-corrected chi connectivity index (χ1v) is 10.5. The summed E-state index contributed by atoms with van der Waals surface area (Å²) in [6.45, 7) is 5.60. The lowest BCUT2D eigenvalue weighted by molar-refractivity contribution is -0.137. The second-order valence-electron chi connectivity index (χ2n) is 9.02. The molecule has 0 spiro atoms. The van der Waals surface area contributed by atoms with Gasteiger partial charge in [0, 0.05) is 11.1 Å². The Balaban J connectivity index is 2.12. The highest BCUT2D eigenvalue weighted by Crippen LogP contribution is 2.47. The number of anilines is 2. The number of alkyl halides is 5. The second-order valence-corrected chi connectivity index (χ2v) is 9.02. The molecule has 0 fully saturated rings. The number of halogens is 6. The number of carbonyl (C=O) groups is 2. The molecule has 1 atom stereocenters. The summed E-state index contributed by atoms with van der Waals surface area (Å²) in [6, 6.07) is 4.40. The van der Waals surface area contributed by atoms with E-state index >= 15 is 4.39 Å². The van der Waals surface area contributed by atoms with Crippen LogP contribution in [0.1, 0.15) is 50.8 Å². The van der Waals surface area contributed by atoms with Gasteiger partial charge in [0.25, 0.3) is 12.3 Å². The quantitative estimate of drug-likeness (QED) is 0.502. The maximum atomic E-state index is 15.4. The molecule has 1 heterocycles. The Morgan fingerprint density at radius 1 is 1.17 bits per heavy atom. The van der Waals surface area contributed by atoms with Crippen LogP contribution in [0.3, 0.4) is 0 Å². The number of fused-ring (bicyclic) bond motifs is 1. The van der Waals surface area contributed by atoms with Crippen LogP contribution in [0.2, 0.25) is 0 Å². The summed E-state index contributed by atoms with van der Waals surface area (Å²) in [4.78, 5) is 25.8. The van der Waals surface area contributed by atoms with Crippen molar-refractivity contribution in [2.45, 2.75) is 58.5 Å². The molecule has 3 rings (SSSR count). The Kier molecular flexibility index (Phi) is 6.96. The van der Waals surface area contributed by atoms with E-state index in [1.165, 1.54) is 19.1 Å². The van der Waals surface area contributed by atoms with Crippen LogP contribution in [-0.4, -0.2) is 23.6 Å². The average Bonchev–Trinajstić information content (AvgIpc) is 2.71. The number of amides is 3. The van der Waals surface area contributed by atoms with Gasteiger partial charge in [-0.1, -0.05) is 18.2 Å². The standard InChI is InChI=1S/C23H23F6N3O3/c1-11-20(33)32(10-12-6-5-7-13(8-12)19(25)26)15-9-14(23(27,28)29)17(16(24)18(15)35-11)30-21(34)31-22(2,3)4/h5-9,11,19H,10H2,1-4H3,(H2,30,31,34)/t11-/m1/s1. The van der Waals surface area contributed by atoms with Crippen molar-refractivity contribution in [2.24, 2.45) is 0 Å². The van der Waals surface area contributed by atoms with Gasteiger partial charge in [-0.3, -0.25) is 4.79 Å². The molecule has 190 valence electrons. The van der Waals surface area contributed by atoms with Gasteiger partial charge in [0.05, 0.1) is 23.5 Å². The number of hydrogen-bond acceptors (Lipinski definition) is 3. The van der Waals surface area contributed by atoms with Crippen LogP contribution in [0.4, 0.5) is 42.5 Å². The van der Waals surface area contributed by atoms with Crippen molar-refractivity contribution in [3.63, 3.8) is 0 Å². The monoisotopic (exact) mass is 503 g/mol. The molecule has 2 N–H and O–H groups in total. The molecule has 35 heavy (non-hydrogen) atoms. The number of benzene rings is 2. The van der Waals surface area contributed by atoms with E-state index in [-0.39, 0.29) is 11.1 Å². The van der Waals surface area contributed by atoms with Crippen molar-refractivity contribution in [3.05, 3.63) is 52.8 Å². The fraction of sp³-hybridized carbons (Fsp3) is 0.391. The molecule has 1 aliphatic rings. The first-order chi connectivity index (χ1) is 16.1. The minimum absolute atomic E-state index is 0.192. The topological polar surface area (TPSA) is 70.7 Å². The number of nitrogens with zero attached hydrogens (tertiary/aromatic N) is 1. The van der Waals surface area contributed by atoms with E-state index in [0.717, 1.165) is 17.0 Å². The number of hydrogen-bond donors (Lipinski definition) is 2. The van der Waals surface area contributed by atoms with Gasteiger partial charge in [-0.25, -0.2) is 18.0 Å². The molecule has 0 saturated carbocycles. The summed E-state index contributed by atoms with van der Waals surface area (Å²) in [5, 5.41) is 4.27. The maximum Gasteiger partial charge on any atom is 0.418 e. The maximum absolute atomic E-state index is 15.4. The van der Waals surface area contributed by atoms with Crippen LogP contribution >= 0.6 is 0 Å². The van der Waals surface area contributed by atoms with E-state index in [4.69, 9.17) is 4.74 Å². The molecule has 0 unspecified atom stereocenters. The Bertz CT molecular complexity index is 1140. The molecule has 0 bridgehead atoms. The zero-order valence-corrected chi connectivity index (χ0v) is 19.2. The predicted molar refractivity (Wildman–Crippen MR) is 116 cm³/mol. The Hall–Kier alpha value is -3.44. The SMILES string of the molecule is C[C@H]1Oc2c(cc(C(F)(F)F)c(NC(=O)NC(C)(C)C)c2F)N(Cc2cccc(C(F)F)c2)C1=O. The van der Waals surface area contributed by atoms with E-state index in [1.54, 1.807) is 20.8 Å². The lowest BCUT2D eigenvalue weighted by Gasteiger charge is -2.34. The Morgan fingerprint density at radius 2 is 1.83 bits per heavy atom. The molecule has 3 amide bonds. The van der Waals surface area contributed by atoms with Gasteiger partial charge >= 0.3 is 12.2 Å². The van der Waals surface area contributed by atoms with Crippen molar-refractivity contribution in [1.29, 1.82) is 0 Å². The van der Waals surface area contributed by atoms with Crippen LogP contribution in [-0.2, 0) is 17.5 Å². The molecule has 1 aliphatic heterocycles. The highest BCUT2D eigenvalue weighted by atomic mass is 19.4. The second kappa shape index (κ2) is 9.31. The van der Waals surface area contributed by atoms with Crippen LogP contribution < -0.4 is 20.3 Å². The number of ether oxygens (including phenoxy) is 1. The number of carbonyl (C=O) groups excluding carboxylic acids is 2. The van der Waals surface area contributed by atoms with Crippen molar-refractivity contribution in [1.82, 2.24) is 5.32 Å². The summed E-state index contributed by atoms with van der Waals surface area (Å²) in [5.74, 6) is -3.00. The number of rotatable bonds is 4. The Labute approximate surface area is 197 Å². The van der Waals surface area contributed by atoms with E-state index in [9.17, 15) is 31.5 Å². The summed E-state index contributed by atoms with van der Waals surface area (Å²) >= 11 is 0. The third-order valence-electron chi connectivity index (χ3n) is 4.98. The van der Waals surface area contributed by atoms with Crippen molar-refractivity contribution >= 4 is 23.3 Å². The fourth-order valence-corrected chi connectivity index (χ4v) is 3.50. The van der Waals surface area contributed by atoms with Crippen molar-refractivity contribution < 1.29 is 40.7 Å². The van der Waals surface area contributed by atoms with Gasteiger partial charge in [0.1, 0.15) is 0 Å². The first kappa shape index (κ1) is 26.2. The summed E-state index contributed by atoms with van der Waals surface area (Å²) < 4.78 is 88.5. The molecular weight excluding hydrogens is 480 g/mol. The van der Waals surface area contributed by atoms with E-state index in [0.29, 0.717) is 6.07 Å².